The Kier molecular flexibility index (Phi) is 5.98. The molecule has 0 amide bonds. The quantitative estimate of drug-likeness (QED) is 0.484. The molecule has 4 rings (SSSR count). The van der Waals surface area contributed by atoms with Gasteiger partial charge in [-0.2, -0.15) is 0 Å². The van der Waals surface area contributed by atoms with Gasteiger partial charge in [0.1, 0.15) is 5.60 Å². The number of methoxy groups -OCH3 is 1. The van der Waals surface area contributed by atoms with Crippen LogP contribution >= 0.6 is 0 Å². The lowest BCUT2D eigenvalue weighted by Gasteiger charge is -2.30. The van der Waals surface area contributed by atoms with Gasteiger partial charge in [0, 0.05) is 24.2 Å². The first-order valence-corrected chi connectivity index (χ1v) is 10.3. The van der Waals surface area contributed by atoms with Gasteiger partial charge in [-0.05, 0) is 61.5 Å². The fraction of sp³-hybridized carbons (Fsp3) is 0.231. The third-order valence-electron chi connectivity index (χ3n) is 5.57. The Morgan fingerprint density at radius 2 is 1.74 bits per heavy atom. The van der Waals surface area contributed by atoms with Gasteiger partial charge in [-0.3, -0.25) is 4.98 Å². The van der Waals surface area contributed by atoms with Gasteiger partial charge in [-0.25, -0.2) is 4.98 Å². The Bertz CT molecular complexity index is 1160. The summed E-state index contributed by atoms with van der Waals surface area (Å²) in [7, 11) is 5.63. The fourth-order valence-corrected chi connectivity index (χ4v) is 3.83. The largest absolute Gasteiger partial charge is 0.481 e. The van der Waals surface area contributed by atoms with Crippen LogP contribution in [0.15, 0.2) is 79.0 Å². The zero-order chi connectivity index (χ0) is 21.8. The Morgan fingerprint density at radius 1 is 0.968 bits per heavy atom. The van der Waals surface area contributed by atoms with Gasteiger partial charge in [-0.1, -0.05) is 42.5 Å². The Morgan fingerprint density at radius 3 is 2.42 bits per heavy atom. The number of fused-ring (bicyclic) bond motifs is 1. The van der Waals surface area contributed by atoms with E-state index in [1.807, 2.05) is 74.8 Å². The maximum Gasteiger partial charge on any atom is 0.214 e. The van der Waals surface area contributed by atoms with Gasteiger partial charge in [0.15, 0.2) is 0 Å². The van der Waals surface area contributed by atoms with Crippen molar-refractivity contribution in [1.82, 2.24) is 14.9 Å². The number of aromatic nitrogens is 2. The molecule has 31 heavy (non-hydrogen) atoms. The molecular formula is C26H27N3O2. The first kappa shape index (κ1) is 21.0. The van der Waals surface area contributed by atoms with E-state index in [0.29, 0.717) is 18.0 Å². The number of rotatable bonds is 7. The molecule has 1 N–H and O–H groups in total. The van der Waals surface area contributed by atoms with Crippen LogP contribution in [0.4, 0.5) is 0 Å². The van der Waals surface area contributed by atoms with Gasteiger partial charge >= 0.3 is 0 Å². The molecule has 0 spiro atoms. The zero-order valence-corrected chi connectivity index (χ0v) is 18.1. The van der Waals surface area contributed by atoms with Gasteiger partial charge in [-0.15, -0.1) is 0 Å². The van der Waals surface area contributed by atoms with E-state index in [4.69, 9.17) is 4.74 Å². The van der Waals surface area contributed by atoms with Gasteiger partial charge in [0.2, 0.25) is 5.88 Å². The Labute approximate surface area is 183 Å². The molecule has 2 heterocycles. The maximum absolute atomic E-state index is 11.9. The molecule has 0 radical (unpaired) electrons. The predicted octanol–water partition coefficient (Wildman–Crippen LogP) is 4.49. The molecule has 0 saturated carbocycles. The van der Waals surface area contributed by atoms with Crippen LogP contribution in [-0.4, -0.2) is 47.7 Å². The van der Waals surface area contributed by atoms with Crippen molar-refractivity contribution in [2.45, 2.75) is 12.0 Å². The molecule has 0 bridgehead atoms. The first-order valence-electron chi connectivity index (χ1n) is 10.3. The summed E-state index contributed by atoms with van der Waals surface area (Å²) >= 11 is 0. The maximum atomic E-state index is 11.9. The molecule has 0 fully saturated rings. The molecule has 5 heteroatoms. The molecule has 5 nitrogen and oxygen atoms in total. The van der Waals surface area contributed by atoms with E-state index < -0.39 is 5.60 Å². The fourth-order valence-electron chi connectivity index (χ4n) is 3.83. The van der Waals surface area contributed by atoms with Gasteiger partial charge in [0.05, 0.1) is 18.3 Å². The summed E-state index contributed by atoms with van der Waals surface area (Å²) < 4.78 is 5.44. The van der Waals surface area contributed by atoms with Crippen molar-refractivity contribution >= 4 is 10.9 Å². The molecule has 1 atom stereocenters. The van der Waals surface area contributed by atoms with Crippen molar-refractivity contribution < 1.29 is 9.84 Å². The lowest BCUT2D eigenvalue weighted by atomic mass is 9.85. The van der Waals surface area contributed by atoms with Crippen molar-refractivity contribution in [3.63, 3.8) is 0 Å². The average Bonchev–Trinajstić information content (AvgIpc) is 2.82. The lowest BCUT2D eigenvalue weighted by Crippen LogP contribution is -2.32. The number of hydrogen-bond acceptors (Lipinski definition) is 5. The molecule has 0 aliphatic heterocycles. The van der Waals surface area contributed by atoms with Crippen LogP contribution in [0.3, 0.4) is 0 Å². The third-order valence-corrected chi connectivity index (χ3v) is 5.57. The highest BCUT2D eigenvalue weighted by molar-refractivity contribution is 5.95. The van der Waals surface area contributed by atoms with Crippen molar-refractivity contribution in [2.24, 2.45) is 0 Å². The summed E-state index contributed by atoms with van der Waals surface area (Å²) in [6.07, 6.45) is 2.24. The summed E-state index contributed by atoms with van der Waals surface area (Å²) in [6, 6.07) is 23.7. The van der Waals surface area contributed by atoms with Gasteiger partial charge < -0.3 is 14.7 Å². The standard InChI is InChI=1S/C26H27N3O2/c1-29(2)16-14-26(30,24-11-7-8-15-27-24)20-12-13-23-22(17-20)21(18-25(28-23)31-3)19-9-5-4-6-10-19/h4-13,15,17-18,30H,14,16H2,1-3H3. The van der Waals surface area contributed by atoms with E-state index in [9.17, 15) is 5.11 Å². The van der Waals surface area contributed by atoms with Crippen LogP contribution < -0.4 is 4.74 Å². The zero-order valence-electron chi connectivity index (χ0n) is 18.1. The Balaban J connectivity index is 1.92. The van der Waals surface area contributed by atoms with Crippen LogP contribution in [0.5, 0.6) is 5.88 Å². The van der Waals surface area contributed by atoms with E-state index in [1.165, 1.54) is 0 Å². The normalized spacial score (nSPS) is 13.3. The topological polar surface area (TPSA) is 58.5 Å². The molecule has 158 valence electrons. The van der Waals surface area contributed by atoms with Crippen LogP contribution in [0.2, 0.25) is 0 Å². The van der Waals surface area contributed by atoms with E-state index in [2.05, 4.69) is 27.0 Å². The predicted molar refractivity (Wildman–Crippen MR) is 124 cm³/mol. The molecule has 4 aromatic rings. The summed E-state index contributed by atoms with van der Waals surface area (Å²) in [6.45, 7) is 0.720. The summed E-state index contributed by atoms with van der Waals surface area (Å²) in [5, 5.41) is 12.9. The monoisotopic (exact) mass is 413 g/mol. The molecule has 2 aromatic heterocycles. The van der Waals surface area contributed by atoms with Crippen LogP contribution in [-0.2, 0) is 5.60 Å². The van der Waals surface area contributed by atoms with Crippen molar-refractivity contribution in [1.29, 1.82) is 0 Å². The summed E-state index contributed by atoms with van der Waals surface area (Å²) in [5.74, 6) is 0.562. The van der Waals surface area contributed by atoms with Crippen LogP contribution in [0, 0.1) is 0 Å². The SMILES string of the molecule is COc1cc(-c2ccccc2)c2cc(C(O)(CCN(C)C)c3ccccn3)ccc2n1. The average molecular weight is 414 g/mol. The number of hydrogen-bond donors (Lipinski definition) is 1. The van der Waals surface area contributed by atoms with Crippen LogP contribution in [0.25, 0.3) is 22.0 Å². The number of pyridine rings is 2. The molecule has 1 unspecified atom stereocenters. The smallest absolute Gasteiger partial charge is 0.214 e. The number of benzene rings is 2. The second kappa shape index (κ2) is 8.84. The van der Waals surface area contributed by atoms with Crippen LogP contribution in [0.1, 0.15) is 17.7 Å². The molecular weight excluding hydrogens is 386 g/mol. The highest BCUT2D eigenvalue weighted by Gasteiger charge is 2.33. The number of ether oxygens (including phenoxy) is 1. The van der Waals surface area contributed by atoms with Crippen molar-refractivity contribution in [3.05, 3.63) is 90.3 Å². The number of aliphatic hydroxyl groups is 1. The third kappa shape index (κ3) is 4.29. The second-order valence-electron chi connectivity index (χ2n) is 7.94. The first-order chi connectivity index (χ1) is 15.0. The Hall–Kier alpha value is -3.28. The van der Waals surface area contributed by atoms with Crippen molar-refractivity contribution in [3.8, 4) is 17.0 Å². The summed E-state index contributed by atoms with van der Waals surface area (Å²) in [5.41, 5.74) is 3.12. The number of nitrogens with zero attached hydrogens (tertiary/aromatic N) is 3. The minimum Gasteiger partial charge on any atom is -0.481 e. The minimum absolute atomic E-state index is 0.521. The molecule has 0 aliphatic rings. The van der Waals surface area contributed by atoms with E-state index in [0.717, 1.165) is 34.1 Å². The highest BCUT2D eigenvalue weighted by atomic mass is 16.5. The minimum atomic E-state index is -1.21. The molecule has 0 aliphatic carbocycles. The van der Waals surface area contributed by atoms with Gasteiger partial charge in [0.25, 0.3) is 0 Å². The van der Waals surface area contributed by atoms with E-state index in [-0.39, 0.29) is 0 Å². The highest BCUT2D eigenvalue weighted by Crippen LogP contribution is 2.37. The second-order valence-corrected chi connectivity index (χ2v) is 7.94. The van der Waals surface area contributed by atoms with E-state index >= 15 is 0 Å². The molecule has 2 aromatic carbocycles. The van der Waals surface area contributed by atoms with Crippen molar-refractivity contribution in [2.75, 3.05) is 27.7 Å². The van der Waals surface area contributed by atoms with E-state index in [1.54, 1.807) is 13.3 Å². The molecule has 0 saturated heterocycles. The summed E-state index contributed by atoms with van der Waals surface area (Å²) in [4.78, 5) is 11.2. The lowest BCUT2D eigenvalue weighted by molar-refractivity contribution is 0.0587.